The van der Waals surface area contributed by atoms with E-state index in [1.165, 1.54) is 18.2 Å². The third kappa shape index (κ3) is 3.27. The number of rotatable bonds is 3. The van der Waals surface area contributed by atoms with E-state index in [4.69, 9.17) is 21.1 Å². The van der Waals surface area contributed by atoms with Gasteiger partial charge in [0.2, 0.25) is 6.79 Å². The molecule has 0 spiro atoms. The minimum atomic E-state index is -0.591. The van der Waals surface area contributed by atoms with E-state index in [9.17, 15) is 14.9 Å². The number of hydrogen-bond acceptors (Lipinski definition) is 5. The molecule has 1 aliphatic rings. The second kappa shape index (κ2) is 6.01. The molecular weight excluding hydrogens is 326 g/mol. The molecule has 2 aromatic rings. The minimum Gasteiger partial charge on any atom is -0.454 e. The normalized spacial score (nSPS) is 11.9. The Bertz CT molecular complexity index is 796. The van der Waals surface area contributed by atoms with Gasteiger partial charge in [-0.15, -0.1) is 0 Å². The molecule has 23 heavy (non-hydrogen) atoms. The van der Waals surface area contributed by atoms with Crippen LogP contribution in [0.5, 0.6) is 11.5 Å². The lowest BCUT2D eigenvalue weighted by Crippen LogP contribution is -2.19. The van der Waals surface area contributed by atoms with Gasteiger partial charge in [0.25, 0.3) is 5.69 Å². The van der Waals surface area contributed by atoms with Gasteiger partial charge >= 0.3 is 6.03 Å². The summed E-state index contributed by atoms with van der Waals surface area (Å²) in [6, 6.07) is 8.10. The number of benzene rings is 2. The van der Waals surface area contributed by atoms with Gasteiger partial charge in [0, 0.05) is 23.9 Å². The summed E-state index contributed by atoms with van der Waals surface area (Å²) >= 11 is 5.92. The van der Waals surface area contributed by atoms with Crippen molar-refractivity contribution in [2.75, 3.05) is 17.4 Å². The molecule has 2 N–H and O–H groups in total. The van der Waals surface area contributed by atoms with Crippen molar-refractivity contribution >= 4 is 34.7 Å². The van der Waals surface area contributed by atoms with Gasteiger partial charge in [0.05, 0.1) is 15.6 Å². The summed E-state index contributed by atoms with van der Waals surface area (Å²) in [5.41, 5.74) is 0.445. The van der Waals surface area contributed by atoms with E-state index >= 15 is 0 Å². The van der Waals surface area contributed by atoms with Crippen molar-refractivity contribution in [1.82, 2.24) is 0 Å². The Morgan fingerprint density at radius 1 is 1.13 bits per heavy atom. The van der Waals surface area contributed by atoms with Crippen LogP contribution in [0.25, 0.3) is 0 Å². The largest absolute Gasteiger partial charge is 0.454 e. The maximum Gasteiger partial charge on any atom is 0.323 e. The fraction of sp³-hybridized carbons (Fsp3) is 0.0714. The van der Waals surface area contributed by atoms with Crippen molar-refractivity contribution in [3.63, 3.8) is 0 Å². The standard InChI is InChI=1S/C14H10ClN3O5/c15-10-3-2-9(18(20)21)6-11(10)17-14(19)16-8-1-4-12-13(5-8)23-7-22-12/h1-6H,7H2,(H2,16,17,19). The SMILES string of the molecule is O=C(Nc1ccc2c(c1)OCO2)Nc1cc([N+](=O)[O-])ccc1Cl. The number of nitro groups is 1. The number of nitro benzene ring substituents is 1. The lowest BCUT2D eigenvalue weighted by atomic mass is 10.2. The zero-order valence-corrected chi connectivity index (χ0v) is 12.3. The number of fused-ring (bicyclic) bond motifs is 1. The number of halogens is 1. The van der Waals surface area contributed by atoms with Gasteiger partial charge in [-0.2, -0.15) is 0 Å². The second-order valence-electron chi connectivity index (χ2n) is 4.57. The average Bonchev–Trinajstić information content (AvgIpc) is 2.96. The second-order valence-corrected chi connectivity index (χ2v) is 4.98. The number of hydrogen-bond donors (Lipinski definition) is 2. The van der Waals surface area contributed by atoms with E-state index in [2.05, 4.69) is 10.6 Å². The monoisotopic (exact) mass is 335 g/mol. The fourth-order valence-corrected chi connectivity index (χ4v) is 2.15. The van der Waals surface area contributed by atoms with Crippen LogP contribution in [-0.4, -0.2) is 17.7 Å². The highest BCUT2D eigenvalue weighted by Gasteiger charge is 2.15. The lowest BCUT2D eigenvalue weighted by Gasteiger charge is -2.09. The summed E-state index contributed by atoms with van der Waals surface area (Å²) in [5.74, 6) is 1.12. The highest BCUT2D eigenvalue weighted by atomic mass is 35.5. The molecule has 0 bridgehead atoms. The van der Waals surface area contributed by atoms with Crippen LogP contribution in [0.1, 0.15) is 0 Å². The molecule has 0 fully saturated rings. The molecular formula is C14H10ClN3O5. The number of carbonyl (C=O) groups is 1. The highest BCUT2D eigenvalue weighted by Crippen LogP contribution is 2.34. The summed E-state index contributed by atoms with van der Waals surface area (Å²) < 4.78 is 10.4. The average molecular weight is 336 g/mol. The third-order valence-corrected chi connectivity index (χ3v) is 3.37. The summed E-state index contributed by atoms with van der Waals surface area (Å²) in [6.45, 7) is 0.133. The van der Waals surface area contributed by atoms with Crippen molar-refractivity contribution in [3.05, 3.63) is 51.5 Å². The van der Waals surface area contributed by atoms with E-state index in [-0.39, 0.29) is 23.2 Å². The molecule has 0 unspecified atom stereocenters. The summed E-state index contributed by atoms with van der Waals surface area (Å²) in [4.78, 5) is 22.2. The quantitative estimate of drug-likeness (QED) is 0.658. The van der Waals surface area contributed by atoms with Crippen molar-refractivity contribution < 1.29 is 19.2 Å². The molecule has 0 aromatic heterocycles. The molecule has 0 aliphatic carbocycles. The van der Waals surface area contributed by atoms with Crippen molar-refractivity contribution in [2.45, 2.75) is 0 Å². The van der Waals surface area contributed by atoms with E-state index < -0.39 is 11.0 Å². The molecule has 0 saturated heterocycles. The number of nitrogens with one attached hydrogen (secondary N) is 2. The van der Waals surface area contributed by atoms with E-state index in [1.54, 1.807) is 18.2 Å². The summed E-state index contributed by atoms with van der Waals surface area (Å²) in [7, 11) is 0. The Morgan fingerprint density at radius 2 is 1.91 bits per heavy atom. The lowest BCUT2D eigenvalue weighted by molar-refractivity contribution is -0.384. The molecule has 0 atom stereocenters. The number of carbonyl (C=O) groups excluding carboxylic acids is 1. The van der Waals surface area contributed by atoms with Gasteiger partial charge in [0.15, 0.2) is 11.5 Å². The molecule has 0 saturated carbocycles. The Labute approximate surface area is 135 Å². The van der Waals surface area contributed by atoms with Gasteiger partial charge in [-0.3, -0.25) is 10.1 Å². The molecule has 9 heteroatoms. The van der Waals surface area contributed by atoms with Crippen LogP contribution in [0.15, 0.2) is 36.4 Å². The molecule has 3 rings (SSSR count). The topological polar surface area (TPSA) is 103 Å². The zero-order valence-electron chi connectivity index (χ0n) is 11.5. The molecule has 1 heterocycles. The number of non-ortho nitro benzene ring substituents is 1. The zero-order chi connectivity index (χ0) is 16.4. The van der Waals surface area contributed by atoms with E-state index in [0.717, 1.165) is 0 Å². The predicted molar refractivity (Wildman–Crippen MR) is 83.3 cm³/mol. The Balaban J connectivity index is 1.72. The van der Waals surface area contributed by atoms with Crippen LogP contribution in [0.4, 0.5) is 21.9 Å². The molecule has 0 radical (unpaired) electrons. The van der Waals surface area contributed by atoms with Crippen LogP contribution in [-0.2, 0) is 0 Å². The molecule has 1 aliphatic heterocycles. The molecule has 2 amide bonds. The number of nitrogens with zero attached hydrogens (tertiary/aromatic N) is 1. The summed E-state index contributed by atoms with van der Waals surface area (Å²) in [6.07, 6.45) is 0. The summed E-state index contributed by atoms with van der Waals surface area (Å²) in [5, 5.41) is 16.0. The minimum absolute atomic E-state index is 0.133. The van der Waals surface area contributed by atoms with Crippen molar-refractivity contribution in [2.24, 2.45) is 0 Å². The van der Waals surface area contributed by atoms with Crippen molar-refractivity contribution in [1.29, 1.82) is 0 Å². The van der Waals surface area contributed by atoms with Crippen LogP contribution in [0.3, 0.4) is 0 Å². The van der Waals surface area contributed by atoms with Crippen molar-refractivity contribution in [3.8, 4) is 11.5 Å². The van der Waals surface area contributed by atoms with Gasteiger partial charge < -0.3 is 20.1 Å². The first-order chi connectivity index (χ1) is 11.0. The smallest absolute Gasteiger partial charge is 0.323 e. The third-order valence-electron chi connectivity index (χ3n) is 3.04. The van der Waals surface area contributed by atoms with Crippen LogP contribution in [0.2, 0.25) is 5.02 Å². The Hall–Kier alpha value is -3.00. The van der Waals surface area contributed by atoms with Crippen LogP contribution in [0, 0.1) is 10.1 Å². The number of amides is 2. The molecule has 118 valence electrons. The number of anilines is 2. The number of ether oxygens (including phenoxy) is 2. The first-order valence-electron chi connectivity index (χ1n) is 6.44. The van der Waals surface area contributed by atoms with Gasteiger partial charge in [-0.1, -0.05) is 11.6 Å². The van der Waals surface area contributed by atoms with Crippen LogP contribution < -0.4 is 20.1 Å². The maximum absolute atomic E-state index is 12.0. The predicted octanol–water partition coefficient (Wildman–Crippen LogP) is 3.62. The first kappa shape index (κ1) is 14.9. The molecule has 8 nitrogen and oxygen atoms in total. The Morgan fingerprint density at radius 3 is 2.70 bits per heavy atom. The first-order valence-corrected chi connectivity index (χ1v) is 6.82. The van der Waals surface area contributed by atoms with E-state index in [1.807, 2.05) is 0 Å². The van der Waals surface area contributed by atoms with E-state index in [0.29, 0.717) is 17.2 Å². The fourth-order valence-electron chi connectivity index (χ4n) is 1.98. The van der Waals surface area contributed by atoms with Gasteiger partial charge in [0.1, 0.15) is 0 Å². The van der Waals surface area contributed by atoms with Crippen LogP contribution >= 0.6 is 11.6 Å². The Kier molecular flexibility index (Phi) is 3.90. The highest BCUT2D eigenvalue weighted by molar-refractivity contribution is 6.33. The molecule has 2 aromatic carbocycles. The van der Waals surface area contributed by atoms with Gasteiger partial charge in [-0.25, -0.2) is 4.79 Å². The maximum atomic E-state index is 12.0. The number of urea groups is 1. The van der Waals surface area contributed by atoms with Gasteiger partial charge in [-0.05, 0) is 18.2 Å².